The Balaban J connectivity index is 1.93. The quantitative estimate of drug-likeness (QED) is 0.769. The maximum absolute atomic E-state index is 10.5. The Bertz CT molecular complexity index is 597. The zero-order valence-corrected chi connectivity index (χ0v) is 12.0. The average molecular weight is 295 g/mol. The van der Waals surface area contributed by atoms with E-state index in [0.29, 0.717) is 6.54 Å². The first-order valence-corrected chi connectivity index (χ1v) is 8.25. The van der Waals surface area contributed by atoms with Gasteiger partial charge in [-0.05, 0) is 29.0 Å². The smallest absolute Gasteiger partial charge is 0.0971 e. The summed E-state index contributed by atoms with van der Waals surface area (Å²) >= 11 is 5.03. The van der Waals surface area contributed by atoms with E-state index in [-0.39, 0.29) is 5.92 Å². The van der Waals surface area contributed by atoms with Crippen LogP contribution in [-0.2, 0) is 0 Å². The highest BCUT2D eigenvalue weighted by Crippen LogP contribution is 2.39. The molecule has 0 radical (unpaired) electrons. The Labute approximate surface area is 117 Å². The van der Waals surface area contributed by atoms with Crippen LogP contribution in [-0.4, -0.2) is 11.7 Å². The first-order chi connectivity index (χ1) is 8.79. The minimum atomic E-state index is -0.502. The predicted molar refractivity (Wildman–Crippen MR) is 80.8 cm³/mol. The number of hydrogen-bond donors (Lipinski definition) is 2. The van der Waals surface area contributed by atoms with Gasteiger partial charge in [0.05, 0.1) is 6.10 Å². The molecular weight excluding hydrogens is 282 g/mol. The molecule has 5 heteroatoms. The third-order valence-electron chi connectivity index (χ3n) is 2.99. The summed E-state index contributed by atoms with van der Waals surface area (Å²) in [6, 6.07) is 8.23. The molecule has 94 valence electrons. The van der Waals surface area contributed by atoms with Gasteiger partial charge in [-0.25, -0.2) is 0 Å². The monoisotopic (exact) mass is 295 g/mol. The molecule has 18 heavy (non-hydrogen) atoms. The lowest BCUT2D eigenvalue weighted by molar-refractivity contribution is 0.152. The highest BCUT2D eigenvalue weighted by molar-refractivity contribution is 7.27. The van der Waals surface area contributed by atoms with Crippen molar-refractivity contribution in [3.63, 3.8) is 0 Å². The Kier molecular flexibility index (Phi) is 3.50. The van der Waals surface area contributed by atoms with E-state index < -0.39 is 6.10 Å². The molecule has 0 aliphatic heterocycles. The first kappa shape index (κ1) is 12.3. The zero-order valence-electron chi connectivity index (χ0n) is 9.58. The Morgan fingerprint density at radius 3 is 2.67 bits per heavy atom. The Morgan fingerprint density at radius 2 is 2.00 bits per heavy atom. The lowest BCUT2D eigenvalue weighted by Gasteiger charge is -2.19. The van der Waals surface area contributed by atoms with Crippen molar-refractivity contribution in [3.05, 3.63) is 44.8 Å². The summed E-state index contributed by atoms with van der Waals surface area (Å²) in [5, 5.41) is 14.6. The third-order valence-corrected chi connectivity index (χ3v) is 6.16. The van der Waals surface area contributed by atoms with Crippen LogP contribution in [0.3, 0.4) is 0 Å². The summed E-state index contributed by atoms with van der Waals surface area (Å²) in [5.41, 5.74) is 5.83. The van der Waals surface area contributed by atoms with Crippen molar-refractivity contribution in [1.82, 2.24) is 0 Å². The summed E-state index contributed by atoms with van der Waals surface area (Å²) in [4.78, 5) is 2.17. The summed E-state index contributed by atoms with van der Waals surface area (Å²) in [7, 11) is 0. The molecule has 0 saturated carbocycles. The van der Waals surface area contributed by atoms with Crippen molar-refractivity contribution < 1.29 is 5.11 Å². The van der Waals surface area contributed by atoms with Gasteiger partial charge in [0.25, 0.3) is 0 Å². The molecule has 0 saturated heterocycles. The summed E-state index contributed by atoms with van der Waals surface area (Å²) in [5.74, 6) is -0.00208. The first-order valence-electron chi connectivity index (χ1n) is 5.68. The second kappa shape index (κ2) is 5.11. The molecule has 3 rings (SSSR count). The standard InChI is InChI=1S/C13H13NOS3/c14-7-8(9-2-1-4-16-9)13(15)12-6-11-10(18-12)3-5-17-11/h1-6,8,13,15H,7,14H2. The maximum Gasteiger partial charge on any atom is 0.0971 e. The van der Waals surface area contributed by atoms with Gasteiger partial charge in [0, 0.05) is 31.6 Å². The molecule has 0 aromatic carbocycles. The second-order valence-corrected chi connectivity index (χ2v) is 7.14. The van der Waals surface area contributed by atoms with Gasteiger partial charge in [-0.15, -0.1) is 34.0 Å². The second-order valence-electron chi connectivity index (χ2n) is 4.10. The van der Waals surface area contributed by atoms with E-state index in [1.165, 1.54) is 9.40 Å². The number of nitrogens with two attached hydrogens (primary N) is 1. The van der Waals surface area contributed by atoms with E-state index in [2.05, 4.69) is 17.5 Å². The summed E-state index contributed by atoms with van der Waals surface area (Å²) in [6.07, 6.45) is -0.502. The molecule has 2 nitrogen and oxygen atoms in total. The Hall–Kier alpha value is -0.720. The molecule has 3 N–H and O–H groups in total. The van der Waals surface area contributed by atoms with Crippen LogP contribution in [0.1, 0.15) is 21.8 Å². The summed E-state index contributed by atoms with van der Waals surface area (Å²) < 4.78 is 2.49. The van der Waals surface area contributed by atoms with Crippen LogP contribution in [0, 0.1) is 0 Å². The molecule has 0 fully saturated rings. The molecule has 0 aliphatic rings. The normalized spacial score (nSPS) is 15.0. The van der Waals surface area contributed by atoms with Crippen LogP contribution in [0.5, 0.6) is 0 Å². The molecule has 3 heterocycles. The number of aliphatic hydroxyl groups is 1. The fourth-order valence-electron chi connectivity index (χ4n) is 2.03. The number of rotatable bonds is 4. The minimum Gasteiger partial charge on any atom is -0.387 e. The molecule has 2 unspecified atom stereocenters. The lowest BCUT2D eigenvalue weighted by atomic mass is 9.99. The van der Waals surface area contributed by atoms with Crippen LogP contribution >= 0.6 is 34.0 Å². The molecule has 2 atom stereocenters. The fraction of sp³-hybridized carbons (Fsp3) is 0.231. The van der Waals surface area contributed by atoms with Gasteiger partial charge in [-0.2, -0.15) is 0 Å². The molecule has 0 spiro atoms. The van der Waals surface area contributed by atoms with Crippen LogP contribution in [0.25, 0.3) is 9.40 Å². The minimum absolute atomic E-state index is 0.00208. The fourth-order valence-corrected chi connectivity index (χ4v) is 5.07. The zero-order chi connectivity index (χ0) is 12.5. The average Bonchev–Trinajstić information content (AvgIpc) is 3.05. The Morgan fingerprint density at radius 1 is 1.11 bits per heavy atom. The van der Waals surface area contributed by atoms with Crippen molar-refractivity contribution in [1.29, 1.82) is 0 Å². The molecule has 3 aromatic rings. The number of thiophene rings is 3. The van der Waals surface area contributed by atoms with Gasteiger partial charge in [0.2, 0.25) is 0 Å². The van der Waals surface area contributed by atoms with Gasteiger partial charge in [0.1, 0.15) is 0 Å². The van der Waals surface area contributed by atoms with E-state index >= 15 is 0 Å². The van der Waals surface area contributed by atoms with E-state index in [0.717, 1.165) is 9.75 Å². The van der Waals surface area contributed by atoms with Crippen LogP contribution in [0.2, 0.25) is 0 Å². The maximum atomic E-state index is 10.5. The van der Waals surface area contributed by atoms with Gasteiger partial charge in [-0.3, -0.25) is 0 Å². The predicted octanol–water partition coefficient (Wildman–Crippen LogP) is 3.80. The number of hydrogen-bond acceptors (Lipinski definition) is 5. The van der Waals surface area contributed by atoms with E-state index in [4.69, 9.17) is 5.73 Å². The van der Waals surface area contributed by atoms with Gasteiger partial charge >= 0.3 is 0 Å². The molecule has 0 amide bonds. The van der Waals surface area contributed by atoms with Gasteiger partial charge in [0.15, 0.2) is 0 Å². The third kappa shape index (κ3) is 2.13. The van der Waals surface area contributed by atoms with E-state index in [1.807, 2.05) is 17.5 Å². The topological polar surface area (TPSA) is 46.2 Å². The van der Waals surface area contributed by atoms with Crippen LogP contribution in [0.15, 0.2) is 35.0 Å². The number of aliphatic hydroxyl groups excluding tert-OH is 1. The van der Waals surface area contributed by atoms with Crippen LogP contribution in [0.4, 0.5) is 0 Å². The molecule has 3 aromatic heterocycles. The molecular formula is C13H13NOS3. The van der Waals surface area contributed by atoms with Crippen LogP contribution < -0.4 is 5.73 Å². The van der Waals surface area contributed by atoms with Gasteiger partial charge < -0.3 is 10.8 Å². The summed E-state index contributed by atoms with van der Waals surface area (Å²) in [6.45, 7) is 0.466. The van der Waals surface area contributed by atoms with Crippen molar-refractivity contribution in [2.24, 2.45) is 5.73 Å². The lowest BCUT2D eigenvalue weighted by Crippen LogP contribution is -2.18. The van der Waals surface area contributed by atoms with E-state index in [1.54, 1.807) is 34.0 Å². The van der Waals surface area contributed by atoms with Crippen molar-refractivity contribution in [3.8, 4) is 0 Å². The highest BCUT2D eigenvalue weighted by atomic mass is 32.1. The van der Waals surface area contributed by atoms with Gasteiger partial charge in [-0.1, -0.05) is 6.07 Å². The van der Waals surface area contributed by atoms with E-state index in [9.17, 15) is 5.11 Å². The SMILES string of the molecule is NCC(c1cccs1)C(O)c1cc2sccc2s1. The number of fused-ring (bicyclic) bond motifs is 1. The van der Waals surface area contributed by atoms with Crippen molar-refractivity contribution >= 4 is 43.4 Å². The largest absolute Gasteiger partial charge is 0.387 e. The molecule has 0 aliphatic carbocycles. The van der Waals surface area contributed by atoms with Crippen molar-refractivity contribution in [2.75, 3.05) is 6.54 Å². The highest BCUT2D eigenvalue weighted by Gasteiger charge is 2.24. The molecule has 0 bridgehead atoms. The van der Waals surface area contributed by atoms with Crippen molar-refractivity contribution in [2.45, 2.75) is 12.0 Å².